The maximum atomic E-state index is 13.4. The monoisotopic (exact) mass is 413 g/mol. The lowest BCUT2D eigenvalue weighted by atomic mass is 9.68. The number of nitrogens with zero attached hydrogens (tertiary/aromatic N) is 3. The van der Waals surface area contributed by atoms with Gasteiger partial charge in [0.05, 0.1) is 5.54 Å². The van der Waals surface area contributed by atoms with Crippen LogP contribution in [0.3, 0.4) is 0 Å². The van der Waals surface area contributed by atoms with Crippen molar-refractivity contribution in [1.29, 1.82) is 0 Å². The largest absolute Gasteiger partial charge is 0.396 e. The van der Waals surface area contributed by atoms with E-state index in [1.165, 1.54) is 24.8 Å². The smallest absolute Gasteiger partial charge is 0.320 e. The van der Waals surface area contributed by atoms with E-state index in [4.69, 9.17) is 0 Å². The van der Waals surface area contributed by atoms with E-state index in [0.717, 1.165) is 38.8 Å². The zero-order valence-corrected chi connectivity index (χ0v) is 19.0. The second kappa shape index (κ2) is 8.51. The fraction of sp³-hybridized carbons (Fsp3) is 0.720. The van der Waals surface area contributed by atoms with Crippen LogP contribution in [-0.4, -0.2) is 71.7 Å². The highest BCUT2D eigenvalue weighted by Gasteiger charge is 2.54. The van der Waals surface area contributed by atoms with Crippen LogP contribution < -0.4 is 0 Å². The van der Waals surface area contributed by atoms with Crippen LogP contribution in [0.2, 0.25) is 0 Å². The Morgan fingerprint density at radius 2 is 1.80 bits per heavy atom. The molecule has 1 atom stereocenters. The first-order chi connectivity index (χ1) is 14.4. The molecular formula is C25H39N3O2. The van der Waals surface area contributed by atoms with Gasteiger partial charge in [0.1, 0.15) is 0 Å². The number of hydrogen-bond donors (Lipinski definition) is 1. The Morgan fingerprint density at radius 3 is 2.33 bits per heavy atom. The lowest BCUT2D eigenvalue weighted by Crippen LogP contribution is -2.56. The Hall–Kier alpha value is -1.59. The van der Waals surface area contributed by atoms with Crippen LogP contribution in [0.25, 0.3) is 0 Å². The van der Waals surface area contributed by atoms with Crippen molar-refractivity contribution in [2.75, 3.05) is 40.3 Å². The number of aliphatic hydroxyl groups excluding tert-OH is 1. The zero-order valence-electron chi connectivity index (χ0n) is 19.0. The quantitative estimate of drug-likeness (QED) is 0.737. The van der Waals surface area contributed by atoms with E-state index in [1.54, 1.807) is 0 Å². The van der Waals surface area contributed by atoms with Gasteiger partial charge >= 0.3 is 6.03 Å². The van der Waals surface area contributed by atoms with E-state index in [1.807, 2.05) is 11.8 Å². The molecule has 0 radical (unpaired) electrons. The van der Waals surface area contributed by atoms with Crippen molar-refractivity contribution < 1.29 is 9.90 Å². The van der Waals surface area contributed by atoms with Crippen LogP contribution in [-0.2, 0) is 5.54 Å². The number of carbonyl (C=O) groups is 1. The van der Waals surface area contributed by atoms with Gasteiger partial charge in [-0.1, -0.05) is 43.7 Å². The number of carbonyl (C=O) groups excluding carboxylic acids is 1. The number of rotatable bonds is 7. The summed E-state index contributed by atoms with van der Waals surface area (Å²) in [7, 11) is 4.40. The molecule has 0 unspecified atom stereocenters. The van der Waals surface area contributed by atoms with Crippen LogP contribution in [0, 0.1) is 11.8 Å². The van der Waals surface area contributed by atoms with E-state index >= 15 is 0 Å². The summed E-state index contributed by atoms with van der Waals surface area (Å²) >= 11 is 0. The molecule has 3 aliphatic rings. The van der Waals surface area contributed by atoms with Crippen LogP contribution in [0.5, 0.6) is 0 Å². The van der Waals surface area contributed by atoms with Gasteiger partial charge in [0, 0.05) is 31.8 Å². The highest BCUT2D eigenvalue weighted by Crippen LogP contribution is 2.49. The summed E-state index contributed by atoms with van der Waals surface area (Å²) < 4.78 is 0. The van der Waals surface area contributed by atoms with Crippen molar-refractivity contribution >= 4 is 6.03 Å². The Balaban J connectivity index is 1.57. The van der Waals surface area contributed by atoms with Crippen molar-refractivity contribution in [3.63, 3.8) is 0 Å². The highest BCUT2D eigenvalue weighted by atomic mass is 16.3. The molecule has 1 saturated heterocycles. The van der Waals surface area contributed by atoms with Gasteiger partial charge < -0.3 is 14.9 Å². The van der Waals surface area contributed by atoms with Crippen LogP contribution in [0.4, 0.5) is 4.79 Å². The van der Waals surface area contributed by atoms with Gasteiger partial charge in [-0.15, -0.1) is 0 Å². The van der Waals surface area contributed by atoms with Gasteiger partial charge in [0.15, 0.2) is 0 Å². The SMILES string of the molecule is C[C@@H](CO)CN1CC2(CCC(c3ccccc3)(N(C)C)CC2)N(CC2CCC2)C1=O. The molecule has 5 nitrogen and oxygen atoms in total. The third-order valence-corrected chi connectivity index (χ3v) is 8.24. The van der Waals surface area contributed by atoms with E-state index < -0.39 is 0 Å². The Labute approximate surface area is 182 Å². The van der Waals surface area contributed by atoms with Gasteiger partial charge in [-0.2, -0.15) is 0 Å². The standard InChI is InChI=1S/C25H39N3O2/c1-20(18-29)16-27-19-24(28(23(27)30)17-21-8-7-9-21)12-14-25(15-13-24,26(2)3)22-10-5-4-6-11-22/h4-6,10-11,20-21,29H,7-9,12-19H2,1-3H3/t20-,24?,25?/m1/s1. The molecule has 2 amide bonds. The topological polar surface area (TPSA) is 47.0 Å². The Kier molecular flexibility index (Phi) is 6.13. The highest BCUT2D eigenvalue weighted by molar-refractivity contribution is 5.78. The van der Waals surface area contributed by atoms with Gasteiger partial charge in [-0.05, 0) is 70.0 Å². The summed E-state index contributed by atoms with van der Waals surface area (Å²) in [5, 5.41) is 9.54. The Bertz CT molecular complexity index is 723. The number of aliphatic hydroxyl groups is 1. The molecule has 1 aromatic carbocycles. The van der Waals surface area contributed by atoms with E-state index in [0.29, 0.717) is 12.5 Å². The first-order valence-corrected chi connectivity index (χ1v) is 11.8. The minimum absolute atomic E-state index is 0.0451. The van der Waals surface area contributed by atoms with Crippen molar-refractivity contribution in [2.24, 2.45) is 11.8 Å². The van der Waals surface area contributed by atoms with Gasteiger partial charge in [0.25, 0.3) is 0 Å². The lowest BCUT2D eigenvalue weighted by molar-refractivity contribution is 0.0157. The normalized spacial score (nSPS) is 30.9. The van der Waals surface area contributed by atoms with Crippen molar-refractivity contribution in [3.8, 4) is 0 Å². The number of urea groups is 1. The molecule has 1 aliphatic heterocycles. The maximum absolute atomic E-state index is 13.4. The number of hydrogen-bond acceptors (Lipinski definition) is 3. The third kappa shape index (κ3) is 3.75. The molecule has 166 valence electrons. The summed E-state index contributed by atoms with van der Waals surface area (Å²) in [6.45, 7) is 4.57. The molecule has 0 aromatic heterocycles. The molecule has 2 saturated carbocycles. The molecular weight excluding hydrogens is 374 g/mol. The first kappa shape index (κ1) is 21.6. The summed E-state index contributed by atoms with van der Waals surface area (Å²) in [5.74, 6) is 0.805. The van der Waals surface area contributed by atoms with Gasteiger partial charge in [-0.25, -0.2) is 4.79 Å². The minimum atomic E-state index is -0.0455. The molecule has 1 aromatic rings. The van der Waals surface area contributed by atoms with Crippen LogP contribution in [0.1, 0.15) is 57.4 Å². The number of benzene rings is 1. The van der Waals surface area contributed by atoms with Crippen molar-refractivity contribution in [2.45, 2.75) is 62.9 Å². The number of amides is 2. The average Bonchev–Trinajstić information content (AvgIpc) is 2.96. The van der Waals surface area contributed by atoms with Crippen LogP contribution >= 0.6 is 0 Å². The third-order valence-electron chi connectivity index (χ3n) is 8.24. The predicted octanol–water partition coefficient (Wildman–Crippen LogP) is 3.92. The van der Waals surface area contributed by atoms with E-state index in [9.17, 15) is 9.90 Å². The molecule has 3 fully saturated rings. The molecule has 1 heterocycles. The minimum Gasteiger partial charge on any atom is -0.396 e. The summed E-state index contributed by atoms with van der Waals surface area (Å²) in [6, 6.07) is 11.1. The van der Waals surface area contributed by atoms with Crippen molar-refractivity contribution in [3.05, 3.63) is 35.9 Å². The summed E-state index contributed by atoms with van der Waals surface area (Å²) in [4.78, 5) is 20.1. The average molecular weight is 414 g/mol. The first-order valence-electron chi connectivity index (χ1n) is 11.8. The van der Waals surface area contributed by atoms with Gasteiger partial charge in [-0.3, -0.25) is 4.90 Å². The summed E-state index contributed by atoms with van der Waals surface area (Å²) in [6.07, 6.45) is 8.06. The fourth-order valence-corrected chi connectivity index (χ4v) is 5.96. The predicted molar refractivity (Wildman–Crippen MR) is 120 cm³/mol. The van der Waals surface area contributed by atoms with E-state index in [-0.39, 0.29) is 29.6 Å². The molecule has 0 bridgehead atoms. The maximum Gasteiger partial charge on any atom is 0.320 e. The van der Waals surface area contributed by atoms with Crippen molar-refractivity contribution in [1.82, 2.24) is 14.7 Å². The molecule has 1 spiro atoms. The van der Waals surface area contributed by atoms with Gasteiger partial charge in [0.2, 0.25) is 0 Å². The summed E-state index contributed by atoms with van der Waals surface area (Å²) in [5.41, 5.74) is 1.39. The Morgan fingerprint density at radius 1 is 1.13 bits per heavy atom. The molecule has 5 heteroatoms. The van der Waals surface area contributed by atoms with Crippen LogP contribution in [0.15, 0.2) is 30.3 Å². The zero-order chi connectivity index (χ0) is 21.4. The second-order valence-corrected chi connectivity index (χ2v) is 10.4. The van der Waals surface area contributed by atoms with E-state index in [2.05, 4.69) is 54.2 Å². The fourth-order valence-electron chi connectivity index (χ4n) is 5.96. The second-order valence-electron chi connectivity index (χ2n) is 10.4. The molecule has 4 rings (SSSR count). The lowest BCUT2D eigenvalue weighted by Gasteiger charge is -2.51. The molecule has 30 heavy (non-hydrogen) atoms. The molecule has 2 aliphatic carbocycles. The molecule has 1 N–H and O–H groups in total.